The molecule has 0 aromatic heterocycles. The van der Waals surface area contributed by atoms with Crippen LogP contribution < -0.4 is 0 Å². The molecule has 0 radical (unpaired) electrons. The van der Waals surface area contributed by atoms with Crippen molar-refractivity contribution < 1.29 is 14.3 Å². The number of cyclic esters (lactones) is 1. The van der Waals surface area contributed by atoms with E-state index in [4.69, 9.17) is 4.74 Å². The summed E-state index contributed by atoms with van der Waals surface area (Å²) in [6.45, 7) is 0.498. The number of hydrogen-bond acceptors (Lipinski definition) is 3. The van der Waals surface area contributed by atoms with Crippen LogP contribution >= 0.6 is 0 Å². The number of carbonyl (C=O) groups is 2. The zero-order valence-electron chi connectivity index (χ0n) is 9.33. The molecule has 0 aromatic carbocycles. The first kappa shape index (κ1) is 10.1. The van der Waals surface area contributed by atoms with E-state index in [1.165, 1.54) is 5.57 Å². The molecule has 3 rings (SSSR count). The van der Waals surface area contributed by atoms with Crippen LogP contribution in [0.4, 0.5) is 0 Å². The first-order valence-electron chi connectivity index (χ1n) is 6.07. The molecule has 1 saturated heterocycles. The van der Waals surface area contributed by atoms with Gasteiger partial charge < -0.3 is 4.74 Å². The van der Waals surface area contributed by atoms with Gasteiger partial charge in [0.1, 0.15) is 12.4 Å². The van der Waals surface area contributed by atoms with Crippen molar-refractivity contribution in [3.8, 4) is 0 Å². The standard InChI is InChI=1S/C13H16O3/c14-11-4-5-13(7-12(15)16-8-13)10-3-1-2-9(11)6-10/h3,9H,1-2,4-8H2/t9-,13-/m1/s1. The molecule has 0 amide bonds. The SMILES string of the molecule is O=C1C[C@]2(CCC(=O)[C@@H]3CCC=C2C3)CO1. The minimum Gasteiger partial charge on any atom is -0.465 e. The molecule has 2 atom stereocenters. The van der Waals surface area contributed by atoms with Crippen molar-refractivity contribution in [1.29, 1.82) is 0 Å². The second-order valence-corrected chi connectivity index (χ2v) is 5.29. The van der Waals surface area contributed by atoms with Crippen molar-refractivity contribution in [2.45, 2.75) is 38.5 Å². The van der Waals surface area contributed by atoms with Crippen molar-refractivity contribution >= 4 is 11.8 Å². The second-order valence-electron chi connectivity index (χ2n) is 5.29. The largest absolute Gasteiger partial charge is 0.465 e. The lowest BCUT2D eigenvalue weighted by molar-refractivity contribution is -0.138. The van der Waals surface area contributed by atoms with Gasteiger partial charge in [-0.25, -0.2) is 0 Å². The molecule has 1 saturated carbocycles. The topological polar surface area (TPSA) is 43.4 Å². The third-order valence-corrected chi connectivity index (χ3v) is 4.35. The summed E-state index contributed by atoms with van der Waals surface area (Å²) >= 11 is 0. The van der Waals surface area contributed by atoms with Crippen LogP contribution in [0.2, 0.25) is 0 Å². The highest BCUT2D eigenvalue weighted by Gasteiger charge is 2.47. The normalized spacial score (nSPS) is 38.2. The number of rotatable bonds is 0. The van der Waals surface area contributed by atoms with Gasteiger partial charge in [-0.05, 0) is 25.7 Å². The van der Waals surface area contributed by atoms with Crippen molar-refractivity contribution in [1.82, 2.24) is 0 Å². The molecule has 86 valence electrons. The van der Waals surface area contributed by atoms with Gasteiger partial charge in [-0.15, -0.1) is 0 Å². The Morgan fingerprint density at radius 2 is 2.25 bits per heavy atom. The number of esters is 1. The molecule has 3 heteroatoms. The van der Waals surface area contributed by atoms with Gasteiger partial charge in [0.2, 0.25) is 0 Å². The summed E-state index contributed by atoms with van der Waals surface area (Å²) in [4.78, 5) is 23.2. The Kier molecular flexibility index (Phi) is 2.16. The van der Waals surface area contributed by atoms with Crippen molar-refractivity contribution in [3.05, 3.63) is 11.6 Å². The Labute approximate surface area is 94.8 Å². The predicted molar refractivity (Wildman–Crippen MR) is 57.7 cm³/mol. The van der Waals surface area contributed by atoms with E-state index in [1.54, 1.807) is 0 Å². The van der Waals surface area contributed by atoms with Crippen LogP contribution in [-0.4, -0.2) is 18.4 Å². The summed E-state index contributed by atoms with van der Waals surface area (Å²) in [5.74, 6) is 0.509. The zero-order chi connectivity index (χ0) is 11.2. The molecule has 2 aliphatic carbocycles. The van der Waals surface area contributed by atoms with Crippen LogP contribution in [0.5, 0.6) is 0 Å². The van der Waals surface area contributed by atoms with Gasteiger partial charge in [-0.3, -0.25) is 9.59 Å². The number of ether oxygens (including phenoxy) is 1. The maximum Gasteiger partial charge on any atom is 0.306 e. The van der Waals surface area contributed by atoms with E-state index < -0.39 is 0 Å². The Morgan fingerprint density at radius 1 is 1.38 bits per heavy atom. The molecular weight excluding hydrogens is 204 g/mol. The first-order chi connectivity index (χ1) is 7.70. The van der Waals surface area contributed by atoms with E-state index in [0.717, 1.165) is 25.7 Å². The molecule has 0 unspecified atom stereocenters. The zero-order valence-corrected chi connectivity index (χ0v) is 9.33. The maximum absolute atomic E-state index is 11.9. The average Bonchev–Trinajstić information content (AvgIpc) is 2.66. The number of hydrogen-bond donors (Lipinski definition) is 0. The van der Waals surface area contributed by atoms with Gasteiger partial charge in [0, 0.05) is 17.8 Å². The van der Waals surface area contributed by atoms with Gasteiger partial charge in [0.15, 0.2) is 0 Å². The van der Waals surface area contributed by atoms with Crippen molar-refractivity contribution in [3.63, 3.8) is 0 Å². The smallest absolute Gasteiger partial charge is 0.306 e. The fraction of sp³-hybridized carbons (Fsp3) is 0.692. The molecule has 1 heterocycles. The molecule has 3 nitrogen and oxygen atoms in total. The lowest BCUT2D eigenvalue weighted by Gasteiger charge is -2.29. The summed E-state index contributed by atoms with van der Waals surface area (Å²) in [6, 6.07) is 0. The number of allylic oxidation sites excluding steroid dienone is 1. The Bertz CT molecular complexity index is 383. The highest BCUT2D eigenvalue weighted by atomic mass is 16.5. The Balaban J connectivity index is 1.97. The molecule has 1 spiro atoms. The molecule has 0 aromatic rings. The van der Waals surface area contributed by atoms with E-state index in [0.29, 0.717) is 25.2 Å². The third-order valence-electron chi connectivity index (χ3n) is 4.35. The Morgan fingerprint density at radius 3 is 3.00 bits per heavy atom. The predicted octanol–water partition coefficient (Wildman–Crippen LogP) is 2.01. The summed E-state index contributed by atoms with van der Waals surface area (Å²) in [5, 5.41) is 0. The number of ketones is 1. The van der Waals surface area contributed by atoms with E-state index in [-0.39, 0.29) is 17.3 Å². The van der Waals surface area contributed by atoms with E-state index in [1.807, 2.05) is 0 Å². The van der Waals surface area contributed by atoms with Gasteiger partial charge >= 0.3 is 5.97 Å². The van der Waals surface area contributed by atoms with Crippen LogP contribution in [0.25, 0.3) is 0 Å². The molecule has 2 fully saturated rings. The summed E-state index contributed by atoms with van der Waals surface area (Å²) < 4.78 is 5.14. The molecule has 2 bridgehead atoms. The van der Waals surface area contributed by atoms with Crippen LogP contribution in [-0.2, 0) is 14.3 Å². The second kappa shape index (κ2) is 3.44. The lowest BCUT2D eigenvalue weighted by atomic mass is 9.73. The van der Waals surface area contributed by atoms with Crippen molar-refractivity contribution in [2.24, 2.45) is 11.3 Å². The van der Waals surface area contributed by atoms with Crippen molar-refractivity contribution in [2.75, 3.05) is 6.61 Å². The Hall–Kier alpha value is -1.12. The number of fused-ring (bicyclic) bond motifs is 3. The van der Waals surface area contributed by atoms with Gasteiger partial charge in [0.25, 0.3) is 0 Å². The quantitative estimate of drug-likeness (QED) is 0.463. The van der Waals surface area contributed by atoms with Crippen LogP contribution in [0.1, 0.15) is 38.5 Å². The van der Waals surface area contributed by atoms with E-state index in [2.05, 4.69) is 6.08 Å². The lowest BCUT2D eigenvalue weighted by Crippen LogP contribution is -2.24. The van der Waals surface area contributed by atoms with Gasteiger partial charge in [0.05, 0.1) is 6.42 Å². The maximum atomic E-state index is 11.9. The highest BCUT2D eigenvalue weighted by Crippen LogP contribution is 2.48. The molecule has 0 N–H and O–H groups in total. The summed E-state index contributed by atoms with van der Waals surface area (Å²) in [5.41, 5.74) is 1.20. The third kappa shape index (κ3) is 1.41. The van der Waals surface area contributed by atoms with E-state index in [9.17, 15) is 9.59 Å². The monoisotopic (exact) mass is 220 g/mol. The van der Waals surface area contributed by atoms with Crippen LogP contribution in [0.3, 0.4) is 0 Å². The summed E-state index contributed by atoms with van der Waals surface area (Å²) in [7, 11) is 0. The fourth-order valence-corrected chi connectivity index (χ4v) is 3.31. The molecular formula is C13H16O3. The van der Waals surface area contributed by atoms with Gasteiger partial charge in [-0.2, -0.15) is 0 Å². The summed E-state index contributed by atoms with van der Waals surface area (Å²) in [6.07, 6.45) is 7.01. The minimum absolute atomic E-state index is 0.0997. The minimum atomic E-state index is -0.123. The fourth-order valence-electron chi connectivity index (χ4n) is 3.31. The molecule has 1 aliphatic heterocycles. The number of carbonyl (C=O) groups excluding carboxylic acids is 2. The molecule has 16 heavy (non-hydrogen) atoms. The first-order valence-corrected chi connectivity index (χ1v) is 6.07. The van der Waals surface area contributed by atoms with Crippen LogP contribution in [0, 0.1) is 11.3 Å². The molecule has 3 aliphatic rings. The number of Topliss-reactive ketones (excluding diaryl/α,β-unsaturated/α-hetero) is 1. The highest BCUT2D eigenvalue weighted by molar-refractivity contribution is 5.83. The van der Waals surface area contributed by atoms with Gasteiger partial charge in [-0.1, -0.05) is 11.6 Å². The van der Waals surface area contributed by atoms with Crippen LogP contribution in [0.15, 0.2) is 11.6 Å². The van der Waals surface area contributed by atoms with E-state index >= 15 is 0 Å². The average molecular weight is 220 g/mol.